The van der Waals surface area contributed by atoms with E-state index in [1.54, 1.807) is 24.3 Å². The number of hydrogen-bond donors (Lipinski definition) is 3. The van der Waals surface area contributed by atoms with Crippen molar-refractivity contribution in [3.05, 3.63) is 78.1 Å². The van der Waals surface area contributed by atoms with Gasteiger partial charge in [0.15, 0.2) is 0 Å². The molecule has 0 atom stereocenters. The van der Waals surface area contributed by atoms with Crippen LogP contribution in [0.1, 0.15) is 17.4 Å². The van der Waals surface area contributed by atoms with E-state index in [9.17, 15) is 18.4 Å². The van der Waals surface area contributed by atoms with Crippen LogP contribution in [0, 0.1) is 11.6 Å². The highest BCUT2D eigenvalue weighted by molar-refractivity contribution is 6.03. The molecule has 142 valence electrons. The number of hydrogen-bond acceptors (Lipinski definition) is 4. The fourth-order valence-corrected chi connectivity index (χ4v) is 2.47. The number of aromatic nitrogens is 1. The lowest BCUT2D eigenvalue weighted by molar-refractivity contribution is -0.114. The normalized spacial score (nSPS) is 10.2. The molecule has 1 aromatic heterocycles. The van der Waals surface area contributed by atoms with E-state index in [2.05, 4.69) is 20.9 Å². The largest absolute Gasteiger partial charge is 0.351 e. The number of nitrogens with one attached hydrogen (secondary N) is 3. The van der Waals surface area contributed by atoms with Crippen molar-refractivity contribution >= 4 is 34.6 Å². The Morgan fingerprint density at radius 3 is 2.18 bits per heavy atom. The molecule has 0 spiro atoms. The molecule has 1 heterocycles. The first-order chi connectivity index (χ1) is 13.4. The van der Waals surface area contributed by atoms with Crippen LogP contribution in [0.2, 0.25) is 0 Å². The molecule has 8 heteroatoms. The monoisotopic (exact) mass is 382 g/mol. The molecule has 2 aromatic carbocycles. The fraction of sp³-hybridized carbons (Fsp3) is 0.0500. The zero-order valence-electron chi connectivity index (χ0n) is 14.8. The van der Waals surface area contributed by atoms with E-state index in [1.807, 2.05) is 0 Å². The van der Waals surface area contributed by atoms with Crippen LogP contribution in [0.15, 0.2) is 60.8 Å². The number of para-hydroxylation sites is 1. The van der Waals surface area contributed by atoms with Gasteiger partial charge in [-0.25, -0.2) is 8.78 Å². The second kappa shape index (κ2) is 8.26. The van der Waals surface area contributed by atoms with Crippen molar-refractivity contribution in [1.82, 2.24) is 4.98 Å². The van der Waals surface area contributed by atoms with Gasteiger partial charge in [0.25, 0.3) is 5.91 Å². The van der Waals surface area contributed by atoms with Crippen molar-refractivity contribution in [2.75, 3.05) is 16.0 Å². The molecule has 0 fully saturated rings. The van der Waals surface area contributed by atoms with Gasteiger partial charge in [0.05, 0.1) is 0 Å². The zero-order chi connectivity index (χ0) is 20.1. The first-order valence-corrected chi connectivity index (χ1v) is 8.28. The summed E-state index contributed by atoms with van der Waals surface area (Å²) < 4.78 is 27.6. The van der Waals surface area contributed by atoms with Crippen LogP contribution < -0.4 is 16.0 Å². The molecule has 3 rings (SSSR count). The van der Waals surface area contributed by atoms with Crippen LogP contribution in [0.4, 0.5) is 31.5 Å². The van der Waals surface area contributed by atoms with Gasteiger partial charge in [-0.15, -0.1) is 0 Å². The maximum atomic E-state index is 13.8. The predicted octanol–water partition coefficient (Wildman–Crippen LogP) is 4.31. The Hall–Kier alpha value is -3.81. The molecule has 0 radical (unpaired) electrons. The highest BCUT2D eigenvalue weighted by Gasteiger charge is 2.12. The van der Waals surface area contributed by atoms with E-state index in [0.29, 0.717) is 17.1 Å². The second-order valence-corrected chi connectivity index (χ2v) is 5.87. The van der Waals surface area contributed by atoms with Gasteiger partial charge in [0.2, 0.25) is 5.91 Å². The lowest BCUT2D eigenvalue weighted by Gasteiger charge is -2.10. The molecule has 2 amide bonds. The van der Waals surface area contributed by atoms with E-state index in [1.165, 1.54) is 31.3 Å². The number of benzene rings is 2. The quantitative estimate of drug-likeness (QED) is 0.614. The number of carbonyl (C=O) groups excluding carboxylic acids is 2. The van der Waals surface area contributed by atoms with Gasteiger partial charge in [-0.2, -0.15) is 0 Å². The summed E-state index contributed by atoms with van der Waals surface area (Å²) in [6.45, 7) is 1.38. The molecule has 0 aliphatic carbocycles. The summed E-state index contributed by atoms with van der Waals surface area (Å²) in [6.07, 6.45) is 1.35. The number of rotatable bonds is 5. The smallest absolute Gasteiger partial charge is 0.274 e. The van der Waals surface area contributed by atoms with E-state index in [4.69, 9.17) is 0 Å². The number of halogens is 2. The first-order valence-electron chi connectivity index (χ1n) is 8.28. The second-order valence-electron chi connectivity index (χ2n) is 5.87. The maximum Gasteiger partial charge on any atom is 0.274 e. The summed E-state index contributed by atoms with van der Waals surface area (Å²) in [6, 6.07) is 13.0. The molecule has 28 heavy (non-hydrogen) atoms. The molecule has 0 unspecified atom stereocenters. The minimum Gasteiger partial charge on any atom is -0.351 e. The number of anilines is 4. The molecule has 0 saturated heterocycles. The minimum atomic E-state index is -0.752. The molecule has 0 aliphatic rings. The van der Waals surface area contributed by atoms with Crippen molar-refractivity contribution < 1.29 is 18.4 Å². The van der Waals surface area contributed by atoms with Crippen molar-refractivity contribution in [2.45, 2.75) is 6.92 Å². The molecule has 3 N–H and O–H groups in total. The SMILES string of the molecule is CC(=O)Nc1cccc(NC(=O)c2cc(Nc3c(F)cccc3F)ccn2)c1. The Labute approximate surface area is 159 Å². The average Bonchev–Trinajstić information content (AvgIpc) is 2.65. The third-order valence-corrected chi connectivity index (χ3v) is 3.67. The van der Waals surface area contributed by atoms with Gasteiger partial charge < -0.3 is 16.0 Å². The van der Waals surface area contributed by atoms with Crippen LogP contribution in [0.3, 0.4) is 0 Å². The minimum absolute atomic E-state index is 0.0478. The van der Waals surface area contributed by atoms with Crippen molar-refractivity contribution in [3.63, 3.8) is 0 Å². The lowest BCUT2D eigenvalue weighted by Crippen LogP contribution is -2.14. The Bertz CT molecular complexity index is 1020. The third-order valence-electron chi connectivity index (χ3n) is 3.67. The van der Waals surface area contributed by atoms with E-state index < -0.39 is 17.5 Å². The summed E-state index contributed by atoms with van der Waals surface area (Å²) in [4.78, 5) is 27.6. The first kappa shape index (κ1) is 19.0. The molecule has 0 aliphatic heterocycles. The summed E-state index contributed by atoms with van der Waals surface area (Å²) in [7, 11) is 0. The number of carbonyl (C=O) groups is 2. The van der Waals surface area contributed by atoms with Crippen molar-refractivity contribution in [1.29, 1.82) is 0 Å². The maximum absolute atomic E-state index is 13.8. The average molecular weight is 382 g/mol. The Morgan fingerprint density at radius 1 is 0.857 bits per heavy atom. The fourth-order valence-electron chi connectivity index (χ4n) is 2.47. The van der Waals surface area contributed by atoms with Gasteiger partial charge in [-0.05, 0) is 42.5 Å². The van der Waals surface area contributed by atoms with Crippen LogP contribution in [0.25, 0.3) is 0 Å². The van der Waals surface area contributed by atoms with Crippen molar-refractivity contribution in [3.8, 4) is 0 Å². The summed E-state index contributed by atoms with van der Waals surface area (Å²) in [5.41, 5.74) is 1.02. The van der Waals surface area contributed by atoms with Gasteiger partial charge in [-0.3, -0.25) is 14.6 Å². The molecule has 0 saturated carbocycles. The number of amides is 2. The van der Waals surface area contributed by atoms with E-state index in [-0.39, 0.29) is 17.3 Å². The van der Waals surface area contributed by atoms with Gasteiger partial charge >= 0.3 is 0 Å². The van der Waals surface area contributed by atoms with Crippen LogP contribution in [0.5, 0.6) is 0 Å². The molecular weight excluding hydrogens is 366 g/mol. The summed E-state index contributed by atoms with van der Waals surface area (Å²) in [5, 5.41) is 7.89. The Balaban J connectivity index is 1.76. The standard InChI is InChI=1S/C20H16F2N4O2/c1-12(27)24-13-4-2-5-14(10-13)26-20(28)18-11-15(8-9-23-18)25-19-16(21)6-3-7-17(19)22/h2-11H,1H3,(H,23,25)(H,24,27)(H,26,28). The number of nitrogens with zero attached hydrogens (tertiary/aromatic N) is 1. The Morgan fingerprint density at radius 2 is 1.50 bits per heavy atom. The van der Waals surface area contributed by atoms with Crippen LogP contribution in [-0.4, -0.2) is 16.8 Å². The van der Waals surface area contributed by atoms with Crippen LogP contribution in [-0.2, 0) is 4.79 Å². The Kier molecular flexibility index (Phi) is 5.59. The zero-order valence-corrected chi connectivity index (χ0v) is 14.8. The predicted molar refractivity (Wildman–Crippen MR) is 103 cm³/mol. The third kappa shape index (κ3) is 4.67. The van der Waals surface area contributed by atoms with Gasteiger partial charge in [0, 0.05) is 30.2 Å². The number of pyridine rings is 1. The topological polar surface area (TPSA) is 83.1 Å². The highest BCUT2D eigenvalue weighted by atomic mass is 19.1. The van der Waals surface area contributed by atoms with E-state index >= 15 is 0 Å². The molecule has 0 bridgehead atoms. The van der Waals surface area contributed by atoms with Gasteiger partial charge in [-0.1, -0.05) is 12.1 Å². The van der Waals surface area contributed by atoms with Crippen LogP contribution >= 0.6 is 0 Å². The van der Waals surface area contributed by atoms with E-state index in [0.717, 1.165) is 12.1 Å². The van der Waals surface area contributed by atoms with Gasteiger partial charge in [0.1, 0.15) is 23.0 Å². The highest BCUT2D eigenvalue weighted by Crippen LogP contribution is 2.23. The van der Waals surface area contributed by atoms with Crippen molar-refractivity contribution in [2.24, 2.45) is 0 Å². The lowest BCUT2D eigenvalue weighted by atomic mass is 10.2. The molecule has 6 nitrogen and oxygen atoms in total. The summed E-state index contributed by atoms with van der Waals surface area (Å²) in [5.74, 6) is -2.25. The molecule has 3 aromatic rings. The summed E-state index contributed by atoms with van der Waals surface area (Å²) >= 11 is 0. The molecular formula is C20H16F2N4O2.